The molecule has 0 aliphatic carbocycles. The standard InChI is InChI=1S/C16H23FN2O2/c1-18-9-5-10-19(16(20)6-3-4-11-21-2)15-12-13(17)7-8-14(15)18/h7-8,12H,3-6,9-11H2,1-2H3. The summed E-state index contributed by atoms with van der Waals surface area (Å²) in [5, 5.41) is 0. The average Bonchev–Trinajstić information content (AvgIpc) is 2.62. The molecule has 1 aromatic rings. The van der Waals surface area contributed by atoms with Crippen molar-refractivity contribution in [2.75, 3.05) is 43.7 Å². The number of nitrogens with zero attached hydrogens (tertiary/aromatic N) is 2. The van der Waals surface area contributed by atoms with Crippen molar-refractivity contribution in [2.45, 2.75) is 25.7 Å². The van der Waals surface area contributed by atoms with Crippen LogP contribution in [0.5, 0.6) is 0 Å². The quantitative estimate of drug-likeness (QED) is 0.783. The van der Waals surface area contributed by atoms with Crippen LogP contribution in [0.4, 0.5) is 15.8 Å². The first-order valence-corrected chi connectivity index (χ1v) is 7.43. The van der Waals surface area contributed by atoms with Crippen LogP contribution in [0.25, 0.3) is 0 Å². The monoisotopic (exact) mass is 294 g/mol. The molecular formula is C16H23FN2O2. The van der Waals surface area contributed by atoms with E-state index >= 15 is 0 Å². The van der Waals surface area contributed by atoms with Gasteiger partial charge in [0.15, 0.2) is 0 Å². The minimum atomic E-state index is -0.304. The first-order valence-electron chi connectivity index (χ1n) is 7.43. The zero-order valence-corrected chi connectivity index (χ0v) is 12.8. The highest BCUT2D eigenvalue weighted by Gasteiger charge is 2.23. The van der Waals surface area contributed by atoms with Crippen molar-refractivity contribution in [3.05, 3.63) is 24.0 Å². The van der Waals surface area contributed by atoms with E-state index in [-0.39, 0.29) is 11.7 Å². The molecule has 0 N–H and O–H groups in total. The Bertz CT molecular complexity index is 493. The molecule has 1 aliphatic rings. The van der Waals surface area contributed by atoms with Gasteiger partial charge in [0, 0.05) is 40.3 Å². The number of benzene rings is 1. The topological polar surface area (TPSA) is 32.8 Å². The van der Waals surface area contributed by atoms with E-state index in [1.54, 1.807) is 18.1 Å². The average molecular weight is 294 g/mol. The van der Waals surface area contributed by atoms with Crippen LogP contribution in [0.1, 0.15) is 25.7 Å². The first-order chi connectivity index (χ1) is 10.1. The number of halogens is 1. The lowest BCUT2D eigenvalue weighted by molar-refractivity contribution is -0.118. The summed E-state index contributed by atoms with van der Waals surface area (Å²) in [6.45, 7) is 2.18. The smallest absolute Gasteiger partial charge is 0.227 e. The number of carbonyl (C=O) groups excluding carboxylic acids is 1. The van der Waals surface area contributed by atoms with Crippen LogP contribution < -0.4 is 9.80 Å². The van der Waals surface area contributed by atoms with Crippen molar-refractivity contribution >= 4 is 17.3 Å². The SMILES string of the molecule is COCCCCC(=O)N1CCCN(C)c2ccc(F)cc21. The third-order valence-corrected chi connectivity index (χ3v) is 3.80. The van der Waals surface area contributed by atoms with Crippen LogP contribution in [-0.4, -0.2) is 39.8 Å². The van der Waals surface area contributed by atoms with Gasteiger partial charge in [-0.2, -0.15) is 0 Å². The molecule has 2 rings (SSSR count). The number of rotatable bonds is 5. The normalized spacial score (nSPS) is 14.8. The van der Waals surface area contributed by atoms with Crippen LogP contribution in [0, 0.1) is 5.82 Å². The van der Waals surface area contributed by atoms with Crippen LogP contribution in [-0.2, 0) is 9.53 Å². The van der Waals surface area contributed by atoms with Gasteiger partial charge in [-0.1, -0.05) is 0 Å². The number of hydrogen-bond acceptors (Lipinski definition) is 3. The molecule has 1 aliphatic heterocycles. The summed E-state index contributed by atoms with van der Waals surface area (Å²) in [7, 11) is 3.63. The molecular weight excluding hydrogens is 271 g/mol. The third-order valence-electron chi connectivity index (χ3n) is 3.80. The van der Waals surface area contributed by atoms with E-state index in [1.165, 1.54) is 12.1 Å². The lowest BCUT2D eigenvalue weighted by Gasteiger charge is -2.24. The second kappa shape index (κ2) is 7.41. The Hall–Kier alpha value is -1.62. The molecule has 5 heteroatoms. The minimum Gasteiger partial charge on any atom is -0.385 e. The predicted molar refractivity (Wildman–Crippen MR) is 82.4 cm³/mol. The molecule has 0 unspecified atom stereocenters. The van der Waals surface area contributed by atoms with E-state index in [0.29, 0.717) is 25.3 Å². The van der Waals surface area contributed by atoms with Gasteiger partial charge < -0.3 is 14.5 Å². The minimum absolute atomic E-state index is 0.0632. The molecule has 1 aromatic carbocycles. The van der Waals surface area contributed by atoms with Crippen molar-refractivity contribution in [3.63, 3.8) is 0 Å². The number of anilines is 2. The summed E-state index contributed by atoms with van der Waals surface area (Å²) in [6, 6.07) is 4.66. The van der Waals surface area contributed by atoms with Gasteiger partial charge in [0.05, 0.1) is 11.4 Å². The molecule has 0 radical (unpaired) electrons. The Balaban J connectivity index is 2.14. The summed E-state index contributed by atoms with van der Waals surface area (Å²) in [4.78, 5) is 16.2. The molecule has 0 atom stereocenters. The maximum Gasteiger partial charge on any atom is 0.227 e. The van der Waals surface area contributed by atoms with Crippen LogP contribution in [0.3, 0.4) is 0 Å². The number of unbranched alkanes of at least 4 members (excludes halogenated alkanes) is 1. The third kappa shape index (κ3) is 3.94. The van der Waals surface area contributed by atoms with Gasteiger partial charge >= 0.3 is 0 Å². The van der Waals surface area contributed by atoms with E-state index in [1.807, 2.05) is 7.05 Å². The Morgan fingerprint density at radius 2 is 2.10 bits per heavy atom. The molecule has 1 amide bonds. The zero-order chi connectivity index (χ0) is 15.2. The number of carbonyl (C=O) groups is 1. The van der Waals surface area contributed by atoms with Gasteiger partial charge in [-0.3, -0.25) is 4.79 Å². The molecule has 0 aromatic heterocycles. The van der Waals surface area contributed by atoms with Crippen molar-refractivity contribution < 1.29 is 13.9 Å². The van der Waals surface area contributed by atoms with Crippen LogP contribution >= 0.6 is 0 Å². The van der Waals surface area contributed by atoms with E-state index in [0.717, 1.165) is 31.5 Å². The summed E-state index contributed by atoms with van der Waals surface area (Å²) in [5.41, 5.74) is 1.60. The van der Waals surface area contributed by atoms with E-state index in [4.69, 9.17) is 4.74 Å². The highest BCUT2D eigenvalue weighted by Crippen LogP contribution is 2.32. The largest absolute Gasteiger partial charge is 0.385 e. The molecule has 0 saturated heterocycles. The van der Waals surface area contributed by atoms with Crippen LogP contribution in [0.15, 0.2) is 18.2 Å². The Labute approximate surface area is 125 Å². The fourth-order valence-corrected chi connectivity index (χ4v) is 2.66. The van der Waals surface area contributed by atoms with E-state index < -0.39 is 0 Å². The molecule has 1 heterocycles. The number of amides is 1. The second-order valence-electron chi connectivity index (χ2n) is 5.40. The van der Waals surface area contributed by atoms with Gasteiger partial charge in [-0.15, -0.1) is 0 Å². The Kier molecular flexibility index (Phi) is 5.56. The van der Waals surface area contributed by atoms with Crippen molar-refractivity contribution in [1.82, 2.24) is 0 Å². The van der Waals surface area contributed by atoms with E-state index in [9.17, 15) is 9.18 Å². The second-order valence-corrected chi connectivity index (χ2v) is 5.40. The fraction of sp³-hybridized carbons (Fsp3) is 0.562. The number of ether oxygens (including phenoxy) is 1. The van der Waals surface area contributed by atoms with Gasteiger partial charge in [-0.25, -0.2) is 4.39 Å². The molecule has 4 nitrogen and oxygen atoms in total. The zero-order valence-electron chi connectivity index (χ0n) is 12.8. The highest BCUT2D eigenvalue weighted by molar-refractivity contribution is 5.97. The molecule has 0 fully saturated rings. The predicted octanol–water partition coefficient (Wildman–Crippen LogP) is 2.82. The van der Waals surface area contributed by atoms with Crippen molar-refractivity contribution in [3.8, 4) is 0 Å². The molecule has 0 saturated carbocycles. The van der Waals surface area contributed by atoms with Crippen molar-refractivity contribution in [1.29, 1.82) is 0 Å². The fourth-order valence-electron chi connectivity index (χ4n) is 2.66. The first kappa shape index (κ1) is 15.8. The summed E-state index contributed by atoms with van der Waals surface area (Å²) >= 11 is 0. The number of hydrogen-bond donors (Lipinski definition) is 0. The Morgan fingerprint density at radius 1 is 1.29 bits per heavy atom. The maximum atomic E-state index is 13.6. The summed E-state index contributed by atoms with van der Waals surface area (Å²) in [5.74, 6) is -0.241. The van der Waals surface area contributed by atoms with Crippen molar-refractivity contribution in [2.24, 2.45) is 0 Å². The van der Waals surface area contributed by atoms with Gasteiger partial charge in [0.1, 0.15) is 5.82 Å². The molecule has 0 bridgehead atoms. The van der Waals surface area contributed by atoms with Gasteiger partial charge in [0.25, 0.3) is 0 Å². The lowest BCUT2D eigenvalue weighted by atomic mass is 10.2. The summed E-state index contributed by atoms with van der Waals surface area (Å²) in [6.07, 6.45) is 3.02. The lowest BCUT2D eigenvalue weighted by Crippen LogP contribution is -2.31. The number of fused-ring (bicyclic) bond motifs is 1. The summed E-state index contributed by atoms with van der Waals surface area (Å²) < 4.78 is 18.6. The van der Waals surface area contributed by atoms with Gasteiger partial charge in [0.2, 0.25) is 5.91 Å². The van der Waals surface area contributed by atoms with E-state index in [2.05, 4.69) is 4.90 Å². The molecule has 0 spiro atoms. The van der Waals surface area contributed by atoms with Crippen LogP contribution in [0.2, 0.25) is 0 Å². The molecule has 116 valence electrons. The highest BCUT2D eigenvalue weighted by atomic mass is 19.1. The Morgan fingerprint density at radius 3 is 2.86 bits per heavy atom. The van der Waals surface area contributed by atoms with Gasteiger partial charge in [-0.05, 0) is 37.5 Å². The molecule has 21 heavy (non-hydrogen) atoms. The number of methoxy groups -OCH3 is 1. The maximum absolute atomic E-state index is 13.6.